The highest BCUT2D eigenvalue weighted by Gasteiger charge is 2.44. The van der Waals surface area contributed by atoms with Crippen LogP contribution in [-0.2, 0) is 16.0 Å². The maximum Gasteiger partial charge on any atom is 0.309 e. The van der Waals surface area contributed by atoms with Crippen LogP contribution in [0.25, 0.3) is 0 Å². The smallest absolute Gasteiger partial charge is 0.309 e. The van der Waals surface area contributed by atoms with E-state index in [1.807, 2.05) is 24.3 Å². The molecule has 0 aliphatic heterocycles. The van der Waals surface area contributed by atoms with Gasteiger partial charge in [-0.1, -0.05) is 23.7 Å². The van der Waals surface area contributed by atoms with Crippen LogP contribution < -0.4 is 5.32 Å². The number of carbonyl (C=O) groups is 2. The van der Waals surface area contributed by atoms with Crippen LogP contribution in [0.15, 0.2) is 29.6 Å². The molecule has 7 heteroatoms. The van der Waals surface area contributed by atoms with Gasteiger partial charge in [-0.15, -0.1) is 11.3 Å². The summed E-state index contributed by atoms with van der Waals surface area (Å²) < 4.78 is 0. The Morgan fingerprint density at radius 1 is 1.45 bits per heavy atom. The summed E-state index contributed by atoms with van der Waals surface area (Å²) in [5.41, 5.74) is 1.52. The largest absolute Gasteiger partial charge is 0.481 e. The second-order valence-corrected chi connectivity index (χ2v) is 6.50. The summed E-state index contributed by atoms with van der Waals surface area (Å²) in [5.74, 6) is -0.907. The lowest BCUT2D eigenvalue weighted by atomic mass is 10.1. The Balaban J connectivity index is 1.59. The van der Waals surface area contributed by atoms with E-state index in [4.69, 9.17) is 16.7 Å². The van der Waals surface area contributed by atoms with Crippen molar-refractivity contribution in [2.24, 2.45) is 5.92 Å². The predicted octanol–water partition coefficient (Wildman–Crippen LogP) is 3.17. The van der Waals surface area contributed by atoms with Crippen LogP contribution in [0.1, 0.15) is 23.6 Å². The molecule has 1 aliphatic rings. The number of benzene rings is 1. The maximum absolute atomic E-state index is 12.2. The average Bonchev–Trinajstić information content (AvgIpc) is 3.15. The molecule has 1 heterocycles. The van der Waals surface area contributed by atoms with Gasteiger partial charge < -0.3 is 10.4 Å². The van der Waals surface area contributed by atoms with Crippen molar-refractivity contribution in [3.63, 3.8) is 0 Å². The number of halogens is 1. The van der Waals surface area contributed by atoms with Gasteiger partial charge in [0.05, 0.1) is 12.1 Å². The number of amides is 1. The van der Waals surface area contributed by atoms with Gasteiger partial charge in [-0.25, -0.2) is 4.98 Å². The Labute approximate surface area is 136 Å². The molecule has 1 aliphatic carbocycles. The monoisotopic (exact) mass is 336 g/mol. The third-order valence-corrected chi connectivity index (χ3v) is 4.56. The summed E-state index contributed by atoms with van der Waals surface area (Å²) in [4.78, 5) is 26.9. The summed E-state index contributed by atoms with van der Waals surface area (Å²) in [6.07, 6.45) is 0.653. The molecule has 3 rings (SSSR count). The van der Waals surface area contributed by atoms with Gasteiger partial charge in [0, 0.05) is 16.3 Å². The van der Waals surface area contributed by atoms with Crippen LogP contribution in [0.4, 0.5) is 5.13 Å². The Morgan fingerprint density at radius 2 is 2.27 bits per heavy atom. The molecule has 0 radical (unpaired) electrons. The van der Waals surface area contributed by atoms with E-state index in [9.17, 15) is 9.59 Å². The molecule has 0 bridgehead atoms. The average molecular weight is 337 g/mol. The van der Waals surface area contributed by atoms with E-state index < -0.39 is 5.97 Å². The Hall–Kier alpha value is -1.92. The predicted molar refractivity (Wildman–Crippen MR) is 84.4 cm³/mol. The maximum atomic E-state index is 12.2. The van der Waals surface area contributed by atoms with Gasteiger partial charge >= 0.3 is 5.97 Å². The molecule has 0 spiro atoms. The highest BCUT2D eigenvalue weighted by Crippen LogP contribution is 2.48. The molecule has 1 amide bonds. The summed E-state index contributed by atoms with van der Waals surface area (Å²) >= 11 is 7.20. The first-order valence-electron chi connectivity index (χ1n) is 6.75. The second-order valence-electron chi connectivity index (χ2n) is 5.21. The normalized spacial score (nSPS) is 19.7. The number of nitrogens with zero attached hydrogens (tertiary/aromatic N) is 1. The molecular formula is C15H13ClN2O3S. The minimum absolute atomic E-state index is 0.0784. The number of carboxylic acids is 1. The number of thiazole rings is 1. The molecule has 5 nitrogen and oxygen atoms in total. The van der Waals surface area contributed by atoms with Crippen molar-refractivity contribution < 1.29 is 14.7 Å². The topological polar surface area (TPSA) is 79.3 Å². The highest BCUT2D eigenvalue weighted by molar-refractivity contribution is 7.13. The van der Waals surface area contributed by atoms with Gasteiger partial charge in [-0.2, -0.15) is 0 Å². The first kappa shape index (κ1) is 15.0. The molecule has 22 heavy (non-hydrogen) atoms. The van der Waals surface area contributed by atoms with E-state index in [1.165, 1.54) is 11.3 Å². The van der Waals surface area contributed by atoms with Crippen LogP contribution in [-0.4, -0.2) is 22.0 Å². The van der Waals surface area contributed by atoms with E-state index >= 15 is 0 Å². The lowest BCUT2D eigenvalue weighted by Crippen LogP contribution is -2.14. The van der Waals surface area contributed by atoms with Crippen molar-refractivity contribution in [3.05, 3.63) is 45.9 Å². The number of carboxylic acid groups (broad SMARTS) is 1. The molecule has 0 unspecified atom stereocenters. The molecule has 1 aromatic heterocycles. The van der Waals surface area contributed by atoms with Crippen molar-refractivity contribution in [2.75, 3.05) is 5.32 Å². The standard InChI is InChI=1S/C15H13ClN2O3S/c16-9-3-1-2-8(4-9)11-6-12(11)14(21)18-15-17-10(7-22-15)5-13(19)20/h1-4,7,11-12H,5-6H2,(H,19,20)(H,17,18,21)/t11-,12+/m1/s1. The van der Waals surface area contributed by atoms with Gasteiger partial charge in [-0.3, -0.25) is 9.59 Å². The Bertz CT molecular complexity index is 731. The number of nitrogens with one attached hydrogen (secondary N) is 1. The zero-order chi connectivity index (χ0) is 15.7. The summed E-state index contributed by atoms with van der Waals surface area (Å²) in [6.45, 7) is 0. The number of hydrogen-bond acceptors (Lipinski definition) is 4. The number of carbonyl (C=O) groups excluding carboxylic acids is 1. The SMILES string of the molecule is O=C(O)Cc1csc(NC(=O)[C@H]2C[C@@H]2c2cccc(Cl)c2)n1. The first-order chi connectivity index (χ1) is 10.5. The van der Waals surface area contributed by atoms with Crippen LogP contribution in [0.2, 0.25) is 5.02 Å². The van der Waals surface area contributed by atoms with Crippen molar-refractivity contribution in [3.8, 4) is 0 Å². The summed E-state index contributed by atoms with van der Waals surface area (Å²) in [6, 6.07) is 7.54. The number of anilines is 1. The van der Waals surface area contributed by atoms with Crippen molar-refractivity contribution in [2.45, 2.75) is 18.8 Å². The summed E-state index contributed by atoms with van der Waals surface area (Å²) in [5, 5.41) is 14.2. The van der Waals surface area contributed by atoms with E-state index in [0.717, 1.165) is 12.0 Å². The quantitative estimate of drug-likeness (QED) is 0.879. The zero-order valence-electron chi connectivity index (χ0n) is 11.5. The van der Waals surface area contributed by atoms with Gasteiger partial charge in [-0.05, 0) is 30.0 Å². The van der Waals surface area contributed by atoms with Crippen LogP contribution in [0, 0.1) is 5.92 Å². The molecule has 2 N–H and O–H groups in total. The van der Waals surface area contributed by atoms with E-state index in [0.29, 0.717) is 15.8 Å². The van der Waals surface area contributed by atoms with Crippen LogP contribution in [0.5, 0.6) is 0 Å². The van der Waals surface area contributed by atoms with Crippen molar-refractivity contribution >= 4 is 39.9 Å². The number of rotatable bonds is 5. The molecule has 0 saturated heterocycles. The molecule has 1 saturated carbocycles. The molecule has 2 aromatic rings. The van der Waals surface area contributed by atoms with Gasteiger partial charge in [0.1, 0.15) is 0 Å². The molecule has 114 valence electrons. The van der Waals surface area contributed by atoms with Crippen LogP contribution >= 0.6 is 22.9 Å². The van der Waals surface area contributed by atoms with E-state index in [-0.39, 0.29) is 24.2 Å². The fraction of sp³-hybridized carbons (Fsp3) is 0.267. The van der Waals surface area contributed by atoms with Gasteiger partial charge in [0.15, 0.2) is 5.13 Å². The highest BCUT2D eigenvalue weighted by atomic mass is 35.5. The third kappa shape index (κ3) is 3.45. The fourth-order valence-corrected chi connectivity index (χ4v) is 3.30. The van der Waals surface area contributed by atoms with Crippen molar-refractivity contribution in [1.82, 2.24) is 4.98 Å². The lowest BCUT2D eigenvalue weighted by Gasteiger charge is -2.02. The van der Waals surface area contributed by atoms with Gasteiger partial charge in [0.25, 0.3) is 0 Å². The van der Waals surface area contributed by atoms with Gasteiger partial charge in [0.2, 0.25) is 5.91 Å². The minimum Gasteiger partial charge on any atom is -0.481 e. The second kappa shape index (κ2) is 6.06. The summed E-state index contributed by atoms with van der Waals surface area (Å²) in [7, 11) is 0. The van der Waals surface area contributed by atoms with E-state index in [1.54, 1.807) is 5.38 Å². The molecule has 1 aromatic carbocycles. The molecular weight excluding hydrogens is 324 g/mol. The Morgan fingerprint density at radius 3 is 3.00 bits per heavy atom. The number of aromatic nitrogens is 1. The van der Waals surface area contributed by atoms with Crippen LogP contribution in [0.3, 0.4) is 0 Å². The lowest BCUT2D eigenvalue weighted by molar-refractivity contribution is -0.136. The zero-order valence-corrected chi connectivity index (χ0v) is 13.0. The Kier molecular flexibility index (Phi) is 4.13. The number of hydrogen-bond donors (Lipinski definition) is 2. The minimum atomic E-state index is -0.939. The molecule has 2 atom stereocenters. The molecule has 1 fully saturated rings. The first-order valence-corrected chi connectivity index (χ1v) is 8.01. The van der Waals surface area contributed by atoms with Crippen molar-refractivity contribution in [1.29, 1.82) is 0 Å². The number of aliphatic carboxylic acids is 1. The third-order valence-electron chi connectivity index (χ3n) is 3.52. The van der Waals surface area contributed by atoms with E-state index in [2.05, 4.69) is 10.3 Å². The fourth-order valence-electron chi connectivity index (χ4n) is 2.39.